The van der Waals surface area contributed by atoms with Crippen molar-refractivity contribution in [1.29, 1.82) is 0 Å². The Morgan fingerprint density at radius 1 is 1.27 bits per heavy atom. The van der Waals surface area contributed by atoms with Crippen LogP contribution in [0.3, 0.4) is 0 Å². The summed E-state index contributed by atoms with van der Waals surface area (Å²) in [5, 5.41) is 8.66. The molecule has 0 atom stereocenters. The lowest BCUT2D eigenvalue weighted by Crippen LogP contribution is -2.56. The first-order chi connectivity index (χ1) is 7.07. The van der Waals surface area contributed by atoms with Crippen LogP contribution in [0.4, 0.5) is 0 Å². The van der Waals surface area contributed by atoms with Crippen molar-refractivity contribution < 1.29 is 14.7 Å². The van der Waals surface area contributed by atoms with Gasteiger partial charge in [0.2, 0.25) is 0 Å². The summed E-state index contributed by atoms with van der Waals surface area (Å²) in [5.41, 5.74) is 0. The third-order valence-electron chi connectivity index (χ3n) is 2.55. The molecule has 1 aliphatic rings. The second-order valence-electron chi connectivity index (χ2n) is 3.96. The number of amides is 2. The minimum Gasteiger partial charge on any atom is -0.396 e. The summed E-state index contributed by atoms with van der Waals surface area (Å²) in [4.78, 5) is 26.3. The number of hydrogen-bond donors (Lipinski definition) is 1. The quantitative estimate of drug-likeness (QED) is 0.639. The smallest absolute Gasteiger partial charge is 0.312 e. The maximum Gasteiger partial charge on any atom is 0.312 e. The first-order valence-corrected chi connectivity index (χ1v) is 5.28. The van der Waals surface area contributed by atoms with E-state index in [1.807, 2.05) is 13.8 Å². The molecule has 0 unspecified atom stereocenters. The predicted molar refractivity (Wildman–Crippen MR) is 55.1 cm³/mol. The number of carbonyl (C=O) groups excluding carboxylic acids is 2. The van der Waals surface area contributed by atoms with Gasteiger partial charge in [-0.3, -0.25) is 9.59 Å². The Bertz CT molecular complexity index is 253. The second kappa shape index (κ2) is 5.11. The molecule has 0 aromatic carbocycles. The Hall–Kier alpha value is -1.10. The van der Waals surface area contributed by atoms with Gasteiger partial charge < -0.3 is 14.9 Å². The minimum atomic E-state index is -0.441. The number of hydrogen-bond acceptors (Lipinski definition) is 3. The highest BCUT2D eigenvalue weighted by atomic mass is 16.3. The summed E-state index contributed by atoms with van der Waals surface area (Å²) in [5.74, 6) is -0.863. The van der Waals surface area contributed by atoms with E-state index >= 15 is 0 Å². The third kappa shape index (κ3) is 2.68. The first-order valence-electron chi connectivity index (χ1n) is 5.28. The Morgan fingerprint density at radius 2 is 1.93 bits per heavy atom. The average molecular weight is 214 g/mol. The summed E-state index contributed by atoms with van der Waals surface area (Å²) in [6.07, 6.45) is 0.528. The van der Waals surface area contributed by atoms with E-state index in [2.05, 4.69) is 0 Å². The number of aliphatic hydroxyl groups excluding tert-OH is 1. The van der Waals surface area contributed by atoms with Crippen molar-refractivity contribution in [2.75, 3.05) is 26.2 Å². The molecule has 0 aromatic rings. The van der Waals surface area contributed by atoms with Gasteiger partial charge in [-0.2, -0.15) is 0 Å². The van der Waals surface area contributed by atoms with Crippen LogP contribution in [0.5, 0.6) is 0 Å². The van der Waals surface area contributed by atoms with Crippen molar-refractivity contribution >= 4 is 11.8 Å². The van der Waals surface area contributed by atoms with Crippen molar-refractivity contribution in [1.82, 2.24) is 9.80 Å². The summed E-state index contributed by atoms with van der Waals surface area (Å²) in [6, 6.07) is 0.0708. The molecule has 0 spiro atoms. The lowest BCUT2D eigenvalue weighted by molar-refractivity contribution is -0.157. The molecular weight excluding hydrogens is 196 g/mol. The Balaban J connectivity index is 2.57. The Kier molecular flexibility index (Phi) is 4.08. The predicted octanol–water partition coefficient (Wildman–Crippen LogP) is -0.552. The molecule has 1 fully saturated rings. The van der Waals surface area contributed by atoms with Crippen LogP contribution >= 0.6 is 0 Å². The topological polar surface area (TPSA) is 60.9 Å². The van der Waals surface area contributed by atoms with Gasteiger partial charge in [0, 0.05) is 32.3 Å². The zero-order chi connectivity index (χ0) is 11.4. The molecule has 1 rings (SSSR count). The van der Waals surface area contributed by atoms with E-state index in [-0.39, 0.29) is 12.6 Å². The summed E-state index contributed by atoms with van der Waals surface area (Å²) >= 11 is 0. The van der Waals surface area contributed by atoms with Gasteiger partial charge in [0.05, 0.1) is 0 Å². The van der Waals surface area contributed by atoms with Gasteiger partial charge in [-0.05, 0) is 20.3 Å². The van der Waals surface area contributed by atoms with Gasteiger partial charge in [-0.1, -0.05) is 0 Å². The van der Waals surface area contributed by atoms with E-state index in [1.165, 1.54) is 4.90 Å². The molecule has 0 radical (unpaired) electrons. The van der Waals surface area contributed by atoms with Crippen molar-refractivity contribution in [3.05, 3.63) is 0 Å². The first kappa shape index (κ1) is 12.0. The van der Waals surface area contributed by atoms with Crippen LogP contribution in [-0.4, -0.2) is 59.0 Å². The lowest BCUT2D eigenvalue weighted by atomic mass is 10.2. The molecule has 86 valence electrons. The van der Waals surface area contributed by atoms with E-state index in [4.69, 9.17) is 5.11 Å². The zero-order valence-corrected chi connectivity index (χ0v) is 9.27. The van der Waals surface area contributed by atoms with Gasteiger partial charge >= 0.3 is 11.8 Å². The molecular formula is C10H18N2O3. The maximum atomic E-state index is 11.6. The highest BCUT2D eigenvalue weighted by Gasteiger charge is 2.33. The minimum absolute atomic E-state index is 0.0475. The number of piperazine rings is 1. The molecule has 5 nitrogen and oxygen atoms in total. The van der Waals surface area contributed by atoms with E-state index < -0.39 is 11.8 Å². The van der Waals surface area contributed by atoms with Crippen LogP contribution in [0.25, 0.3) is 0 Å². The fraction of sp³-hybridized carbons (Fsp3) is 0.800. The van der Waals surface area contributed by atoms with Gasteiger partial charge in [-0.25, -0.2) is 0 Å². The van der Waals surface area contributed by atoms with Crippen LogP contribution in [0, 0.1) is 0 Å². The maximum absolute atomic E-state index is 11.6. The summed E-state index contributed by atoms with van der Waals surface area (Å²) in [7, 11) is 0. The summed E-state index contributed by atoms with van der Waals surface area (Å²) in [6.45, 7) is 5.47. The Labute approximate surface area is 89.7 Å². The van der Waals surface area contributed by atoms with Crippen LogP contribution in [0.15, 0.2) is 0 Å². The molecule has 2 amide bonds. The fourth-order valence-electron chi connectivity index (χ4n) is 1.66. The van der Waals surface area contributed by atoms with Crippen molar-refractivity contribution in [3.8, 4) is 0 Å². The van der Waals surface area contributed by atoms with E-state index in [0.29, 0.717) is 26.1 Å². The molecule has 0 aromatic heterocycles. The summed E-state index contributed by atoms with van der Waals surface area (Å²) < 4.78 is 0. The highest BCUT2D eigenvalue weighted by Crippen LogP contribution is 2.08. The van der Waals surface area contributed by atoms with Gasteiger partial charge in [0.1, 0.15) is 0 Å². The van der Waals surface area contributed by atoms with Crippen LogP contribution in [0.2, 0.25) is 0 Å². The fourth-order valence-corrected chi connectivity index (χ4v) is 1.66. The molecule has 1 N–H and O–H groups in total. The van der Waals surface area contributed by atoms with Crippen LogP contribution in [-0.2, 0) is 9.59 Å². The molecule has 5 heteroatoms. The molecule has 1 heterocycles. The third-order valence-corrected chi connectivity index (χ3v) is 2.55. The molecule has 1 saturated heterocycles. The van der Waals surface area contributed by atoms with E-state index in [1.54, 1.807) is 4.90 Å². The molecule has 0 aliphatic carbocycles. The largest absolute Gasteiger partial charge is 0.396 e. The highest BCUT2D eigenvalue weighted by molar-refractivity contribution is 6.35. The van der Waals surface area contributed by atoms with Crippen LogP contribution < -0.4 is 0 Å². The SMILES string of the molecule is CC(C)N1CCN(CCCO)C(=O)C1=O. The normalized spacial score (nSPS) is 17.9. The number of aliphatic hydroxyl groups is 1. The average Bonchev–Trinajstić information content (AvgIpc) is 2.20. The van der Waals surface area contributed by atoms with Crippen molar-refractivity contribution in [2.45, 2.75) is 26.3 Å². The lowest BCUT2D eigenvalue weighted by Gasteiger charge is -2.35. The molecule has 0 bridgehead atoms. The number of nitrogens with zero attached hydrogens (tertiary/aromatic N) is 2. The standard InChI is InChI=1S/C10H18N2O3/c1-8(2)12-6-5-11(4-3-7-13)9(14)10(12)15/h8,13H,3-7H2,1-2H3. The van der Waals surface area contributed by atoms with Gasteiger partial charge in [-0.15, -0.1) is 0 Å². The number of carbonyl (C=O) groups is 2. The van der Waals surface area contributed by atoms with E-state index in [9.17, 15) is 9.59 Å². The van der Waals surface area contributed by atoms with Crippen molar-refractivity contribution in [3.63, 3.8) is 0 Å². The van der Waals surface area contributed by atoms with Gasteiger partial charge in [0.25, 0.3) is 0 Å². The molecule has 15 heavy (non-hydrogen) atoms. The van der Waals surface area contributed by atoms with Gasteiger partial charge in [0.15, 0.2) is 0 Å². The monoisotopic (exact) mass is 214 g/mol. The number of rotatable bonds is 4. The van der Waals surface area contributed by atoms with E-state index in [0.717, 1.165) is 0 Å². The molecule has 1 aliphatic heterocycles. The molecule has 0 saturated carbocycles. The Morgan fingerprint density at radius 3 is 2.47 bits per heavy atom. The van der Waals surface area contributed by atoms with Crippen LogP contribution in [0.1, 0.15) is 20.3 Å². The second-order valence-corrected chi connectivity index (χ2v) is 3.96. The zero-order valence-electron chi connectivity index (χ0n) is 9.27. The van der Waals surface area contributed by atoms with Crippen molar-refractivity contribution in [2.24, 2.45) is 0 Å².